The number of benzene rings is 1. The minimum absolute atomic E-state index is 0.0703. The topological polar surface area (TPSA) is 75.4 Å². The molecule has 3 rings (SSSR count). The van der Waals surface area contributed by atoms with E-state index in [0.717, 1.165) is 19.0 Å². The van der Waals surface area contributed by atoms with E-state index >= 15 is 0 Å². The number of nitrogens with zero attached hydrogens (tertiary/aromatic N) is 5. The Kier molecular flexibility index (Phi) is 5.15. The van der Waals surface area contributed by atoms with Crippen LogP contribution in [0.15, 0.2) is 36.5 Å². The number of piperidine rings is 1. The summed E-state index contributed by atoms with van der Waals surface area (Å²) < 4.78 is 40.4. The molecule has 0 radical (unpaired) electrons. The summed E-state index contributed by atoms with van der Waals surface area (Å²) in [7, 11) is 1.58. The molecule has 1 fully saturated rings. The maximum atomic E-state index is 13.5. The van der Waals surface area contributed by atoms with Crippen molar-refractivity contribution in [3.8, 4) is 0 Å². The van der Waals surface area contributed by atoms with Crippen LogP contribution in [0.2, 0.25) is 0 Å². The van der Waals surface area contributed by atoms with Gasteiger partial charge in [0.1, 0.15) is 0 Å². The first-order valence-electron chi connectivity index (χ1n) is 8.38. The molecule has 1 atom stereocenters. The molecule has 1 aromatic heterocycles. The van der Waals surface area contributed by atoms with Gasteiger partial charge in [-0.2, -0.15) is 18.3 Å². The first kappa shape index (κ1) is 18.9. The maximum absolute atomic E-state index is 13.5. The average molecular weight is 381 g/mol. The average Bonchev–Trinajstić information content (AvgIpc) is 2.67. The second kappa shape index (κ2) is 7.37. The summed E-state index contributed by atoms with van der Waals surface area (Å²) in [5.74, 6) is 0.676. The van der Waals surface area contributed by atoms with Crippen molar-refractivity contribution in [3.05, 3.63) is 52.2 Å². The largest absolute Gasteiger partial charge is 0.418 e. The van der Waals surface area contributed by atoms with Gasteiger partial charge in [-0.05, 0) is 31.0 Å². The molecule has 2 aromatic rings. The standard InChI is InChI=1S/C17H18F3N5O2/c1-23(13-4-3-9-24(11-13)16-5-2-8-21-22-16)15-7-6-12(25(26)27)10-14(15)17(18,19)20/h2,5-8,10,13H,3-4,9,11H2,1H3. The van der Waals surface area contributed by atoms with Gasteiger partial charge >= 0.3 is 6.18 Å². The van der Waals surface area contributed by atoms with E-state index in [-0.39, 0.29) is 11.7 Å². The lowest BCUT2D eigenvalue weighted by Gasteiger charge is -2.39. The van der Waals surface area contributed by atoms with Gasteiger partial charge in [0.25, 0.3) is 5.69 Å². The van der Waals surface area contributed by atoms with Gasteiger partial charge in [0.2, 0.25) is 0 Å². The fraction of sp³-hybridized carbons (Fsp3) is 0.412. The van der Waals surface area contributed by atoms with Crippen molar-refractivity contribution in [1.29, 1.82) is 0 Å². The number of hydrogen-bond donors (Lipinski definition) is 0. The van der Waals surface area contributed by atoms with Gasteiger partial charge < -0.3 is 9.80 Å². The van der Waals surface area contributed by atoms with E-state index in [9.17, 15) is 23.3 Å². The normalized spacial score (nSPS) is 17.6. The fourth-order valence-corrected chi connectivity index (χ4v) is 3.31. The van der Waals surface area contributed by atoms with Crippen molar-refractivity contribution in [2.75, 3.05) is 29.9 Å². The van der Waals surface area contributed by atoms with Crippen LogP contribution in [0.25, 0.3) is 0 Å². The number of alkyl halides is 3. The zero-order valence-corrected chi connectivity index (χ0v) is 14.6. The second-order valence-electron chi connectivity index (χ2n) is 6.39. The minimum Gasteiger partial charge on any atom is -0.369 e. The van der Waals surface area contributed by atoms with Crippen molar-refractivity contribution in [3.63, 3.8) is 0 Å². The number of anilines is 2. The van der Waals surface area contributed by atoms with Crippen LogP contribution in [-0.4, -0.2) is 41.3 Å². The molecule has 1 aliphatic rings. The first-order chi connectivity index (χ1) is 12.8. The van der Waals surface area contributed by atoms with Crippen LogP contribution in [0.4, 0.5) is 30.4 Å². The Balaban J connectivity index is 1.88. The Bertz CT molecular complexity index is 816. The molecule has 0 saturated carbocycles. The van der Waals surface area contributed by atoms with E-state index in [1.54, 1.807) is 24.2 Å². The molecule has 1 unspecified atom stereocenters. The van der Waals surface area contributed by atoms with Gasteiger partial charge in [-0.25, -0.2) is 0 Å². The molecule has 0 aliphatic carbocycles. The summed E-state index contributed by atoms with van der Waals surface area (Å²) in [4.78, 5) is 13.6. The van der Waals surface area contributed by atoms with E-state index in [4.69, 9.17) is 0 Å². The number of rotatable bonds is 4. The number of aromatic nitrogens is 2. The zero-order valence-electron chi connectivity index (χ0n) is 14.6. The van der Waals surface area contributed by atoms with Gasteiger partial charge in [-0.15, -0.1) is 5.10 Å². The summed E-state index contributed by atoms with van der Waals surface area (Å²) in [6, 6.07) is 6.24. The van der Waals surface area contributed by atoms with Crippen LogP contribution in [0.5, 0.6) is 0 Å². The number of likely N-dealkylation sites (N-methyl/N-ethyl adjacent to an activating group) is 1. The SMILES string of the molecule is CN(c1ccc([N+](=O)[O-])cc1C(F)(F)F)C1CCCN(c2cccnn2)C1. The fourth-order valence-electron chi connectivity index (χ4n) is 3.31. The van der Waals surface area contributed by atoms with Crippen LogP contribution < -0.4 is 9.80 Å². The Morgan fingerprint density at radius 1 is 1.33 bits per heavy atom. The zero-order chi connectivity index (χ0) is 19.6. The predicted molar refractivity (Wildman–Crippen MR) is 93.8 cm³/mol. The number of hydrogen-bond acceptors (Lipinski definition) is 6. The molecule has 1 aromatic carbocycles. The molecular formula is C17H18F3N5O2. The smallest absolute Gasteiger partial charge is 0.369 e. The lowest BCUT2D eigenvalue weighted by Crippen LogP contribution is -2.47. The molecule has 27 heavy (non-hydrogen) atoms. The summed E-state index contributed by atoms with van der Waals surface area (Å²) in [5.41, 5.74) is -1.65. The van der Waals surface area contributed by atoms with Crippen LogP contribution >= 0.6 is 0 Å². The summed E-state index contributed by atoms with van der Waals surface area (Å²) in [6.07, 6.45) is -1.63. The summed E-state index contributed by atoms with van der Waals surface area (Å²) in [5, 5.41) is 18.8. The summed E-state index contributed by atoms with van der Waals surface area (Å²) in [6.45, 7) is 1.24. The van der Waals surface area contributed by atoms with Gasteiger partial charge in [0.15, 0.2) is 5.82 Å². The Morgan fingerprint density at radius 2 is 2.11 bits per heavy atom. The van der Waals surface area contributed by atoms with Crippen molar-refractivity contribution in [1.82, 2.24) is 10.2 Å². The highest BCUT2D eigenvalue weighted by atomic mass is 19.4. The molecule has 0 amide bonds. The monoisotopic (exact) mass is 381 g/mol. The minimum atomic E-state index is -4.69. The molecule has 0 N–H and O–H groups in total. The first-order valence-corrected chi connectivity index (χ1v) is 8.38. The Hall–Kier alpha value is -2.91. The molecule has 10 heteroatoms. The van der Waals surface area contributed by atoms with Crippen molar-refractivity contribution < 1.29 is 18.1 Å². The van der Waals surface area contributed by atoms with Crippen LogP contribution in [0.3, 0.4) is 0 Å². The lowest BCUT2D eigenvalue weighted by atomic mass is 10.0. The number of nitro groups is 1. The van der Waals surface area contributed by atoms with Gasteiger partial charge in [0, 0.05) is 50.2 Å². The van der Waals surface area contributed by atoms with Gasteiger partial charge in [-0.3, -0.25) is 10.1 Å². The maximum Gasteiger partial charge on any atom is 0.418 e. The lowest BCUT2D eigenvalue weighted by molar-refractivity contribution is -0.385. The van der Waals surface area contributed by atoms with Crippen molar-refractivity contribution in [2.24, 2.45) is 0 Å². The van der Waals surface area contributed by atoms with Crippen molar-refractivity contribution >= 4 is 17.2 Å². The van der Waals surface area contributed by atoms with Gasteiger partial charge in [0.05, 0.1) is 10.5 Å². The molecule has 144 valence electrons. The highest BCUT2D eigenvalue weighted by Gasteiger charge is 2.37. The molecule has 0 spiro atoms. The van der Waals surface area contributed by atoms with E-state index < -0.39 is 22.4 Å². The molecule has 0 bridgehead atoms. The van der Waals surface area contributed by atoms with Crippen LogP contribution in [0.1, 0.15) is 18.4 Å². The van der Waals surface area contributed by atoms with E-state index in [1.165, 1.54) is 6.07 Å². The second-order valence-corrected chi connectivity index (χ2v) is 6.39. The van der Waals surface area contributed by atoms with Crippen molar-refractivity contribution in [2.45, 2.75) is 25.1 Å². The third kappa shape index (κ3) is 4.09. The third-order valence-electron chi connectivity index (χ3n) is 4.70. The summed E-state index contributed by atoms with van der Waals surface area (Å²) >= 11 is 0. The Labute approximate surface area is 153 Å². The van der Waals surface area contributed by atoms with E-state index in [1.807, 2.05) is 11.0 Å². The number of halogens is 3. The predicted octanol–water partition coefficient (Wildman–Crippen LogP) is 3.51. The molecule has 1 saturated heterocycles. The molecule has 1 aliphatic heterocycles. The van der Waals surface area contributed by atoms with Crippen LogP contribution in [0, 0.1) is 10.1 Å². The van der Waals surface area contributed by atoms with E-state index in [0.29, 0.717) is 24.8 Å². The highest BCUT2D eigenvalue weighted by molar-refractivity contribution is 5.60. The molecule has 2 heterocycles. The molecular weight excluding hydrogens is 363 g/mol. The number of non-ortho nitro benzene ring substituents is 1. The quantitative estimate of drug-likeness (QED) is 0.596. The van der Waals surface area contributed by atoms with E-state index in [2.05, 4.69) is 10.2 Å². The third-order valence-corrected chi connectivity index (χ3v) is 4.70. The van der Waals surface area contributed by atoms with Crippen LogP contribution in [-0.2, 0) is 6.18 Å². The number of nitro benzene ring substituents is 1. The molecule has 7 nitrogen and oxygen atoms in total. The Morgan fingerprint density at radius 3 is 2.74 bits per heavy atom. The highest BCUT2D eigenvalue weighted by Crippen LogP contribution is 2.39. The van der Waals surface area contributed by atoms with Gasteiger partial charge in [-0.1, -0.05) is 0 Å².